The van der Waals surface area contributed by atoms with E-state index in [-0.39, 0.29) is 5.17 Å². The van der Waals surface area contributed by atoms with Crippen LogP contribution in [0.5, 0.6) is 0 Å². The minimum atomic E-state index is -0.774. The van der Waals surface area contributed by atoms with Gasteiger partial charge < -0.3 is 5.84 Å². The van der Waals surface area contributed by atoms with Crippen molar-refractivity contribution >= 4 is 33.6 Å². The Hall–Kier alpha value is -1.06. The molecule has 1 aromatic carbocycles. The van der Waals surface area contributed by atoms with E-state index in [1.54, 1.807) is 24.3 Å². The van der Waals surface area contributed by atoms with Crippen LogP contribution >= 0.6 is 23.2 Å². The van der Waals surface area contributed by atoms with E-state index in [0.29, 0.717) is 5.56 Å². The lowest BCUT2D eigenvalue weighted by Crippen LogP contribution is -2.15. The number of carbonyl (C=O) groups excluding carboxylic acids is 1. The van der Waals surface area contributed by atoms with Crippen LogP contribution in [-0.4, -0.2) is 10.4 Å². The van der Waals surface area contributed by atoms with Crippen molar-refractivity contribution in [1.29, 1.82) is 0 Å². The van der Waals surface area contributed by atoms with E-state index in [0.717, 1.165) is 0 Å². The zero-order valence-electron chi connectivity index (χ0n) is 7.15. The average Bonchev–Trinajstić information content (AvgIpc) is 2.19. The van der Waals surface area contributed by atoms with Crippen molar-refractivity contribution in [2.45, 2.75) is 5.92 Å². The van der Waals surface area contributed by atoms with Crippen LogP contribution in [0.4, 0.5) is 0 Å². The number of hydrazone groups is 1. The fraction of sp³-hybridized carbons (Fsp3) is 0.111. The predicted octanol–water partition coefficient (Wildman–Crippen LogP) is 2.05. The molecule has 0 aromatic heterocycles. The van der Waals surface area contributed by atoms with Crippen LogP contribution in [0.3, 0.4) is 0 Å². The van der Waals surface area contributed by atoms with Crippen molar-refractivity contribution in [2.75, 3.05) is 0 Å². The van der Waals surface area contributed by atoms with Crippen molar-refractivity contribution in [1.82, 2.24) is 0 Å². The largest absolute Gasteiger partial charge is 0.322 e. The van der Waals surface area contributed by atoms with Crippen LogP contribution in [0.15, 0.2) is 35.4 Å². The molecule has 74 valence electrons. The maximum Gasteiger partial charge on any atom is 0.236 e. The molecule has 0 fully saturated rings. The number of rotatable bonds is 3. The van der Waals surface area contributed by atoms with E-state index in [2.05, 4.69) is 5.10 Å². The van der Waals surface area contributed by atoms with Gasteiger partial charge in [-0.05, 0) is 17.2 Å². The summed E-state index contributed by atoms with van der Waals surface area (Å²) >= 11 is 11.1. The third-order valence-electron chi connectivity index (χ3n) is 1.72. The molecule has 0 aliphatic carbocycles. The van der Waals surface area contributed by atoms with Crippen LogP contribution in [-0.2, 0) is 4.79 Å². The zero-order chi connectivity index (χ0) is 10.6. The summed E-state index contributed by atoms with van der Waals surface area (Å²) in [6.07, 6.45) is 0. The molecule has 2 N–H and O–H groups in total. The Morgan fingerprint density at radius 3 is 2.29 bits per heavy atom. The highest BCUT2D eigenvalue weighted by molar-refractivity contribution is 6.75. The Morgan fingerprint density at radius 2 is 1.86 bits per heavy atom. The van der Waals surface area contributed by atoms with Gasteiger partial charge in [-0.15, -0.1) is 0 Å². The van der Waals surface area contributed by atoms with E-state index in [1.807, 2.05) is 6.07 Å². The number of nitrogens with zero attached hydrogens (tertiary/aromatic N) is 1. The van der Waals surface area contributed by atoms with Crippen LogP contribution in [0, 0.1) is 0 Å². The summed E-state index contributed by atoms with van der Waals surface area (Å²) in [5.41, 5.74) is 0.673. The second kappa shape index (κ2) is 4.98. The summed E-state index contributed by atoms with van der Waals surface area (Å²) in [6, 6.07) is 8.86. The van der Waals surface area contributed by atoms with E-state index in [9.17, 15) is 4.79 Å². The molecule has 1 atom stereocenters. The lowest BCUT2D eigenvalue weighted by atomic mass is 10.0. The molecule has 0 aliphatic heterocycles. The monoisotopic (exact) mass is 230 g/mol. The molecule has 0 radical (unpaired) electrons. The van der Waals surface area contributed by atoms with Crippen LogP contribution in [0.2, 0.25) is 0 Å². The minimum Gasteiger partial charge on any atom is -0.322 e. The third-order valence-corrected chi connectivity index (χ3v) is 2.26. The molecule has 1 aromatic rings. The first-order chi connectivity index (χ1) is 6.66. The van der Waals surface area contributed by atoms with Gasteiger partial charge in [-0.1, -0.05) is 41.9 Å². The van der Waals surface area contributed by atoms with Gasteiger partial charge in [0.25, 0.3) is 0 Å². The normalized spacial score (nSPS) is 13.7. The van der Waals surface area contributed by atoms with Crippen LogP contribution in [0.1, 0.15) is 11.5 Å². The summed E-state index contributed by atoms with van der Waals surface area (Å²) in [5, 5.41) is 2.64. The van der Waals surface area contributed by atoms with Gasteiger partial charge in [0.1, 0.15) is 11.1 Å². The van der Waals surface area contributed by atoms with Gasteiger partial charge in [-0.3, -0.25) is 4.79 Å². The first-order valence-corrected chi connectivity index (χ1v) is 4.60. The number of hydrogen-bond donors (Lipinski definition) is 1. The topological polar surface area (TPSA) is 55.4 Å². The van der Waals surface area contributed by atoms with E-state index >= 15 is 0 Å². The maximum atomic E-state index is 11.1. The lowest BCUT2D eigenvalue weighted by Gasteiger charge is -2.09. The summed E-state index contributed by atoms with van der Waals surface area (Å²) in [6.45, 7) is 0. The van der Waals surface area contributed by atoms with Crippen molar-refractivity contribution in [3.63, 3.8) is 0 Å². The first-order valence-electron chi connectivity index (χ1n) is 3.84. The van der Waals surface area contributed by atoms with Gasteiger partial charge in [0, 0.05) is 0 Å². The molecule has 5 heteroatoms. The van der Waals surface area contributed by atoms with Gasteiger partial charge >= 0.3 is 0 Å². The number of halogens is 2. The minimum absolute atomic E-state index is 0.0174. The van der Waals surface area contributed by atoms with E-state index in [4.69, 9.17) is 29.0 Å². The molecule has 0 bridgehead atoms. The molecule has 0 amide bonds. The quantitative estimate of drug-likeness (QED) is 0.374. The van der Waals surface area contributed by atoms with Gasteiger partial charge in [-0.25, -0.2) is 0 Å². The molecule has 1 unspecified atom stereocenters. The molecule has 14 heavy (non-hydrogen) atoms. The standard InChI is InChI=1S/C9H8Cl2N2O/c10-8(13-12)7(9(11)14)6-4-2-1-3-5-6/h1-5,7H,12H2/b13-8+. The lowest BCUT2D eigenvalue weighted by molar-refractivity contribution is -0.111. The van der Waals surface area contributed by atoms with Crippen LogP contribution in [0.25, 0.3) is 0 Å². The predicted molar refractivity (Wildman–Crippen MR) is 57.5 cm³/mol. The molecule has 0 saturated carbocycles. The van der Waals surface area contributed by atoms with Gasteiger partial charge in [0.15, 0.2) is 0 Å². The Balaban J connectivity index is 3.08. The third kappa shape index (κ3) is 2.47. The highest BCUT2D eigenvalue weighted by Crippen LogP contribution is 2.21. The SMILES string of the molecule is N/N=C(/Cl)C(C(=O)Cl)c1ccccc1. The molecule has 3 nitrogen and oxygen atoms in total. The highest BCUT2D eigenvalue weighted by atomic mass is 35.5. The molecule has 1 rings (SSSR count). The van der Waals surface area contributed by atoms with Gasteiger partial charge in [0.05, 0.1) is 0 Å². The van der Waals surface area contributed by atoms with Crippen molar-refractivity contribution in [3.8, 4) is 0 Å². The molecule has 0 heterocycles. The fourth-order valence-electron chi connectivity index (χ4n) is 1.08. The van der Waals surface area contributed by atoms with Crippen molar-refractivity contribution in [2.24, 2.45) is 10.9 Å². The fourth-order valence-corrected chi connectivity index (χ4v) is 1.59. The summed E-state index contributed by atoms with van der Waals surface area (Å²) in [5.74, 6) is 4.22. The number of hydrogen-bond acceptors (Lipinski definition) is 3. The number of nitrogens with two attached hydrogens (primary N) is 1. The second-order valence-corrected chi connectivity index (χ2v) is 3.36. The van der Waals surface area contributed by atoms with E-state index < -0.39 is 11.2 Å². The highest BCUT2D eigenvalue weighted by Gasteiger charge is 2.23. The summed E-state index contributed by atoms with van der Waals surface area (Å²) in [4.78, 5) is 11.1. The number of benzene rings is 1. The average molecular weight is 231 g/mol. The Bertz CT molecular complexity index is 351. The van der Waals surface area contributed by atoms with Crippen molar-refractivity contribution in [3.05, 3.63) is 35.9 Å². The Kier molecular flexibility index (Phi) is 3.92. The molecule has 0 spiro atoms. The molecule has 0 saturated heterocycles. The molecular weight excluding hydrogens is 223 g/mol. The second-order valence-electron chi connectivity index (χ2n) is 2.60. The van der Waals surface area contributed by atoms with E-state index in [1.165, 1.54) is 0 Å². The first kappa shape index (κ1) is 11.0. The number of carbonyl (C=O) groups is 1. The maximum absolute atomic E-state index is 11.1. The zero-order valence-corrected chi connectivity index (χ0v) is 8.66. The van der Waals surface area contributed by atoms with Crippen molar-refractivity contribution < 1.29 is 4.79 Å². The smallest absolute Gasteiger partial charge is 0.236 e. The molecular formula is C9H8Cl2N2O. The summed E-state index contributed by atoms with van der Waals surface area (Å²) in [7, 11) is 0. The molecule has 0 aliphatic rings. The summed E-state index contributed by atoms with van der Waals surface area (Å²) < 4.78 is 0. The van der Waals surface area contributed by atoms with Crippen LogP contribution < -0.4 is 5.84 Å². The Morgan fingerprint density at radius 1 is 1.29 bits per heavy atom. The van der Waals surface area contributed by atoms with Gasteiger partial charge in [0.2, 0.25) is 5.24 Å². The Labute approximate surface area is 91.5 Å². The van der Waals surface area contributed by atoms with Gasteiger partial charge in [-0.2, -0.15) is 5.10 Å².